The number of nitrogens with one attached hydrogen (secondary N) is 1. The van der Waals surface area contributed by atoms with Crippen molar-refractivity contribution >= 4 is 25.7 Å². The molecule has 0 bridgehead atoms. The molecule has 4 N–H and O–H groups in total. The maximum atomic E-state index is 12.4. The number of hydrogen-bond donors (Lipinski definition) is 4. The van der Waals surface area contributed by atoms with Crippen molar-refractivity contribution in [2.24, 2.45) is 0 Å². The van der Waals surface area contributed by atoms with Gasteiger partial charge in [-0.15, -0.1) is 0 Å². The van der Waals surface area contributed by atoms with Gasteiger partial charge in [-0.3, -0.25) is 18.6 Å². The van der Waals surface area contributed by atoms with Gasteiger partial charge in [-0.05, 0) is 38.5 Å². The zero-order chi connectivity index (χ0) is 44.2. The lowest BCUT2D eigenvalue weighted by molar-refractivity contribution is -0.147. The fourth-order valence-corrected chi connectivity index (χ4v) is 7.72. The van der Waals surface area contributed by atoms with E-state index in [1.165, 1.54) is 128 Å². The van der Waals surface area contributed by atoms with E-state index >= 15 is 0 Å². The second-order valence-corrected chi connectivity index (χ2v) is 18.1. The number of carboxylic acid groups (broad SMARTS) is 1. The highest BCUT2D eigenvalue weighted by Crippen LogP contribution is 2.43. The second kappa shape index (κ2) is 43.6. The Morgan fingerprint density at radius 1 is 0.533 bits per heavy atom. The molecule has 0 spiro atoms. The van der Waals surface area contributed by atoms with Gasteiger partial charge in [0.25, 0.3) is 0 Å². The molecule has 3 atom stereocenters. The first-order valence-electron chi connectivity index (χ1n) is 24.4. The molecular weight excluding hydrogens is 781 g/mol. The summed E-state index contributed by atoms with van der Waals surface area (Å²) in [4.78, 5) is 46.0. The Balaban J connectivity index is 3.81. The van der Waals surface area contributed by atoms with Gasteiger partial charge in [-0.25, -0.2) is 9.36 Å². The molecule has 11 nitrogen and oxygen atoms in total. The van der Waals surface area contributed by atoms with Gasteiger partial charge < -0.3 is 25.2 Å². The van der Waals surface area contributed by atoms with E-state index in [4.69, 9.17) is 13.8 Å². The lowest BCUT2D eigenvalue weighted by atomic mass is 10.0. The van der Waals surface area contributed by atoms with E-state index in [-0.39, 0.29) is 12.8 Å². The van der Waals surface area contributed by atoms with Gasteiger partial charge in [-0.1, -0.05) is 205 Å². The zero-order valence-corrected chi connectivity index (χ0v) is 39.2. The number of esters is 1. The van der Waals surface area contributed by atoms with E-state index in [0.717, 1.165) is 64.2 Å². The number of ether oxygens (including phenoxy) is 1. The van der Waals surface area contributed by atoms with Crippen molar-refractivity contribution in [3.63, 3.8) is 0 Å². The average molecular weight is 872 g/mol. The van der Waals surface area contributed by atoms with Gasteiger partial charge in [0, 0.05) is 12.8 Å². The van der Waals surface area contributed by atoms with Crippen molar-refractivity contribution in [1.82, 2.24) is 5.32 Å². The number of rotatable bonds is 46. The molecular formula is C48H90NO10P. The number of aliphatic hydroxyl groups excluding tert-OH is 1. The predicted octanol–water partition coefficient (Wildman–Crippen LogP) is 13.0. The standard InChI is InChI=1S/C48H90NO10P/c1-3-5-7-9-11-13-15-17-18-19-20-21-22-23-24-25-26-28-29-31-33-35-37-39-46(51)49-45(48(53)54)43-59-60(55,56)58-42-44(50)41-57-47(52)40-38-36-34-32-30-27-16-14-12-10-8-6-4-2/h8,10,14,16,44-45,50H,3-7,9,11-13,15,17-43H2,1-2H3,(H,49,51)(H,53,54)(H,55,56)/b10-8-,16-14-. The van der Waals surface area contributed by atoms with Gasteiger partial charge in [0.2, 0.25) is 5.91 Å². The largest absolute Gasteiger partial charge is 0.480 e. The molecule has 0 saturated carbocycles. The van der Waals surface area contributed by atoms with Crippen LogP contribution in [0.25, 0.3) is 0 Å². The lowest BCUT2D eigenvalue weighted by Crippen LogP contribution is -2.43. The summed E-state index contributed by atoms with van der Waals surface area (Å²) < 4.78 is 26.9. The highest BCUT2D eigenvalue weighted by molar-refractivity contribution is 7.47. The first kappa shape index (κ1) is 58.0. The monoisotopic (exact) mass is 872 g/mol. The van der Waals surface area contributed by atoms with Gasteiger partial charge in [-0.2, -0.15) is 0 Å². The maximum absolute atomic E-state index is 12.4. The molecule has 12 heteroatoms. The van der Waals surface area contributed by atoms with Crippen molar-refractivity contribution in [3.05, 3.63) is 24.3 Å². The Hall–Kier alpha value is -2.04. The minimum absolute atomic E-state index is 0.149. The Labute approximate surface area is 366 Å². The van der Waals surface area contributed by atoms with Gasteiger partial charge in [0.1, 0.15) is 12.7 Å². The first-order chi connectivity index (χ1) is 29.1. The molecule has 0 rings (SSSR count). The van der Waals surface area contributed by atoms with Crippen LogP contribution in [-0.4, -0.2) is 64.9 Å². The summed E-state index contributed by atoms with van der Waals surface area (Å²) >= 11 is 0. The number of amides is 1. The molecule has 0 aromatic carbocycles. The normalized spacial score (nSPS) is 13.8. The van der Waals surface area contributed by atoms with Gasteiger partial charge >= 0.3 is 19.8 Å². The maximum Gasteiger partial charge on any atom is 0.472 e. The number of phosphoric acid groups is 1. The van der Waals surface area contributed by atoms with E-state index in [9.17, 15) is 34.1 Å². The Bertz CT molecular complexity index is 1120. The highest BCUT2D eigenvalue weighted by atomic mass is 31.2. The van der Waals surface area contributed by atoms with Crippen molar-refractivity contribution in [2.45, 2.75) is 244 Å². The van der Waals surface area contributed by atoms with Crippen LogP contribution in [0.4, 0.5) is 0 Å². The SMILES string of the molecule is CCC/C=C\C/C=C\CCCCCCCC(=O)OCC(O)COP(=O)(O)OCC(NC(=O)CCCCCCCCCCCCCCCCCCCCCCCCC)C(=O)O. The molecule has 0 saturated heterocycles. The first-order valence-corrected chi connectivity index (χ1v) is 25.9. The quantitative estimate of drug-likeness (QED) is 0.0200. The number of hydrogen-bond acceptors (Lipinski definition) is 8. The summed E-state index contributed by atoms with van der Waals surface area (Å²) in [6, 6.07) is -1.54. The number of aliphatic carboxylic acids is 1. The van der Waals surface area contributed by atoms with Crippen LogP contribution in [0, 0.1) is 0 Å². The van der Waals surface area contributed by atoms with Gasteiger partial charge in [0.05, 0.1) is 13.2 Å². The zero-order valence-electron chi connectivity index (χ0n) is 38.3. The molecule has 0 aliphatic carbocycles. The van der Waals surface area contributed by atoms with Crippen molar-refractivity contribution in [3.8, 4) is 0 Å². The predicted molar refractivity (Wildman–Crippen MR) is 245 cm³/mol. The molecule has 3 unspecified atom stereocenters. The second-order valence-electron chi connectivity index (χ2n) is 16.7. The summed E-state index contributed by atoms with van der Waals surface area (Å²) in [5, 5.41) is 21.9. The summed E-state index contributed by atoms with van der Waals surface area (Å²) in [6.45, 7) is 2.54. The topological polar surface area (TPSA) is 169 Å². The van der Waals surface area contributed by atoms with Crippen LogP contribution in [0.15, 0.2) is 24.3 Å². The summed E-state index contributed by atoms with van der Waals surface area (Å²) in [6.07, 6.45) is 46.4. The van der Waals surface area contributed by atoms with Crippen LogP contribution < -0.4 is 5.32 Å². The fraction of sp³-hybridized carbons (Fsp3) is 0.854. The molecule has 0 aromatic heterocycles. The molecule has 1 amide bonds. The van der Waals surface area contributed by atoms with Crippen LogP contribution in [0.5, 0.6) is 0 Å². The third-order valence-corrected chi connectivity index (χ3v) is 11.7. The van der Waals surface area contributed by atoms with E-state index in [2.05, 4.69) is 43.5 Å². The Kier molecular flexibility index (Phi) is 42.1. The fourth-order valence-electron chi connectivity index (χ4n) is 6.94. The number of allylic oxidation sites excluding steroid dienone is 4. The van der Waals surface area contributed by atoms with Crippen molar-refractivity contribution in [1.29, 1.82) is 0 Å². The third-order valence-electron chi connectivity index (χ3n) is 10.7. The van der Waals surface area contributed by atoms with Gasteiger partial charge in [0.15, 0.2) is 6.04 Å². The number of carboxylic acids is 1. The van der Waals surface area contributed by atoms with E-state index < -0.39 is 57.6 Å². The van der Waals surface area contributed by atoms with Crippen LogP contribution in [0.2, 0.25) is 0 Å². The van der Waals surface area contributed by atoms with Crippen molar-refractivity contribution in [2.75, 3.05) is 19.8 Å². The smallest absolute Gasteiger partial charge is 0.472 e. The molecule has 0 fully saturated rings. The Morgan fingerprint density at radius 2 is 0.950 bits per heavy atom. The molecule has 0 heterocycles. The highest BCUT2D eigenvalue weighted by Gasteiger charge is 2.28. The van der Waals surface area contributed by atoms with E-state index in [1.807, 2.05) is 0 Å². The molecule has 0 aliphatic rings. The average Bonchev–Trinajstić information content (AvgIpc) is 3.22. The van der Waals surface area contributed by atoms with Crippen LogP contribution in [0.1, 0.15) is 232 Å². The molecule has 60 heavy (non-hydrogen) atoms. The number of carbonyl (C=O) groups is 3. The van der Waals surface area contributed by atoms with E-state index in [0.29, 0.717) is 12.8 Å². The lowest BCUT2D eigenvalue weighted by Gasteiger charge is -2.18. The molecule has 0 aromatic rings. The molecule has 352 valence electrons. The minimum Gasteiger partial charge on any atom is -0.480 e. The van der Waals surface area contributed by atoms with E-state index in [1.54, 1.807) is 0 Å². The summed E-state index contributed by atoms with van der Waals surface area (Å²) in [5.41, 5.74) is 0. The number of aliphatic hydroxyl groups is 1. The van der Waals surface area contributed by atoms with Crippen LogP contribution in [0.3, 0.4) is 0 Å². The number of carbonyl (C=O) groups excluding carboxylic acids is 2. The molecule has 0 radical (unpaired) electrons. The molecule has 0 aliphatic heterocycles. The number of unbranched alkanes of at least 4 members (excludes halogenated alkanes) is 28. The third kappa shape index (κ3) is 42.6. The van der Waals surface area contributed by atoms with Crippen LogP contribution in [-0.2, 0) is 32.7 Å². The minimum atomic E-state index is -4.76. The Morgan fingerprint density at radius 3 is 1.42 bits per heavy atom. The summed E-state index contributed by atoms with van der Waals surface area (Å²) in [5.74, 6) is -2.37. The summed E-state index contributed by atoms with van der Waals surface area (Å²) in [7, 11) is -4.76. The van der Waals surface area contributed by atoms with Crippen molar-refractivity contribution < 1.29 is 47.8 Å². The van der Waals surface area contributed by atoms with Crippen LogP contribution >= 0.6 is 7.82 Å². The number of phosphoric ester groups is 1.